The molecule has 0 amide bonds. The molecule has 110 valence electrons. The summed E-state index contributed by atoms with van der Waals surface area (Å²) in [6.07, 6.45) is -1.67. The van der Waals surface area contributed by atoms with Gasteiger partial charge in [0.1, 0.15) is 10.8 Å². The van der Waals surface area contributed by atoms with Crippen molar-refractivity contribution in [3.63, 3.8) is 0 Å². The third kappa shape index (κ3) is 2.92. The van der Waals surface area contributed by atoms with Crippen LogP contribution in [0.15, 0.2) is 29.4 Å². The molecule has 20 heavy (non-hydrogen) atoms. The van der Waals surface area contributed by atoms with Gasteiger partial charge in [0.05, 0.1) is 0 Å². The van der Waals surface area contributed by atoms with Gasteiger partial charge in [-0.1, -0.05) is 31.5 Å². The average Bonchev–Trinajstić information content (AvgIpc) is 2.68. The molecule has 2 nitrogen and oxygen atoms in total. The van der Waals surface area contributed by atoms with Crippen LogP contribution in [0.2, 0.25) is 0 Å². The molecular formula is C14H15ClF3NO. The number of aromatic nitrogens is 1. The van der Waals surface area contributed by atoms with Crippen LogP contribution < -0.4 is 0 Å². The summed E-state index contributed by atoms with van der Waals surface area (Å²) in [5.74, 6) is -0.939. The van der Waals surface area contributed by atoms with E-state index < -0.39 is 28.5 Å². The minimum Gasteiger partial charge on any atom is -0.365 e. The molecule has 0 unspecified atom stereocenters. The summed E-state index contributed by atoms with van der Waals surface area (Å²) in [6, 6.07) is 3.55. The zero-order valence-corrected chi connectivity index (χ0v) is 11.8. The van der Waals surface area contributed by atoms with E-state index >= 15 is 0 Å². The molecule has 2 atom stereocenters. The Morgan fingerprint density at radius 3 is 2.65 bits per heavy atom. The van der Waals surface area contributed by atoms with Gasteiger partial charge in [0, 0.05) is 24.2 Å². The van der Waals surface area contributed by atoms with Crippen LogP contribution in [0.1, 0.15) is 19.5 Å². The van der Waals surface area contributed by atoms with E-state index in [0.29, 0.717) is 0 Å². The normalized spacial score (nSPS) is 25.6. The van der Waals surface area contributed by atoms with E-state index in [1.165, 1.54) is 0 Å². The summed E-state index contributed by atoms with van der Waals surface area (Å²) in [5.41, 5.74) is 0.289. The van der Waals surface area contributed by atoms with Crippen molar-refractivity contribution in [2.45, 2.75) is 26.4 Å². The van der Waals surface area contributed by atoms with E-state index in [-0.39, 0.29) is 12.2 Å². The highest BCUT2D eigenvalue weighted by atomic mass is 35.5. The molecule has 0 saturated heterocycles. The first-order chi connectivity index (χ1) is 9.14. The Hall–Kier alpha value is -1.23. The summed E-state index contributed by atoms with van der Waals surface area (Å²) in [6.45, 7) is 3.57. The van der Waals surface area contributed by atoms with Crippen molar-refractivity contribution in [3.8, 4) is 0 Å². The fourth-order valence-electron chi connectivity index (χ4n) is 2.63. The number of alkyl halides is 3. The van der Waals surface area contributed by atoms with Crippen LogP contribution >= 0.6 is 11.6 Å². The van der Waals surface area contributed by atoms with Crippen LogP contribution in [-0.2, 0) is 11.2 Å². The number of rotatable bonds is 4. The van der Waals surface area contributed by atoms with Gasteiger partial charge in [0.25, 0.3) is 0 Å². The zero-order valence-electron chi connectivity index (χ0n) is 11.1. The quantitative estimate of drug-likeness (QED) is 0.893. The lowest BCUT2D eigenvalue weighted by Crippen LogP contribution is -2.10. The molecule has 0 aromatic carbocycles. The number of hydrogen-bond acceptors (Lipinski definition) is 1. The Labute approximate surface area is 120 Å². The first-order valence-electron chi connectivity index (χ1n) is 6.23. The second-order valence-electron chi connectivity index (χ2n) is 5.68. The molecule has 1 aromatic rings. The van der Waals surface area contributed by atoms with Gasteiger partial charge in [-0.15, -0.1) is 0 Å². The first kappa shape index (κ1) is 15.2. The van der Waals surface area contributed by atoms with Gasteiger partial charge >= 0.3 is 6.18 Å². The minimum atomic E-state index is -4.55. The highest BCUT2D eigenvalue weighted by Gasteiger charge is 2.60. The monoisotopic (exact) mass is 305 g/mol. The van der Waals surface area contributed by atoms with E-state index in [4.69, 9.17) is 11.6 Å². The molecule has 0 aliphatic heterocycles. The van der Waals surface area contributed by atoms with E-state index in [1.54, 1.807) is 32.2 Å². The predicted molar refractivity (Wildman–Crippen MR) is 70.3 cm³/mol. The molecule has 2 rings (SSSR count). The standard InChI is InChI=1S/C14H15ClF3NO/c1-13(2)9(7-11(15)14(16,17)18)12(13)10(20)6-8-4-3-5-19-8/h3-5,7,9,12,19H,6H2,1-2H3/b11-7-/t9-,12-/m1/s1. The topological polar surface area (TPSA) is 32.9 Å². The summed E-state index contributed by atoms with van der Waals surface area (Å²) in [7, 11) is 0. The van der Waals surface area contributed by atoms with Crippen molar-refractivity contribution in [1.29, 1.82) is 0 Å². The number of Topliss-reactive ketones (excluding diaryl/α,β-unsaturated/α-hetero) is 1. The number of carbonyl (C=O) groups is 1. The van der Waals surface area contributed by atoms with E-state index in [9.17, 15) is 18.0 Å². The number of aromatic amines is 1. The van der Waals surface area contributed by atoms with Gasteiger partial charge in [0.2, 0.25) is 0 Å². The lowest BCUT2D eigenvalue weighted by atomic mass is 10.0. The van der Waals surface area contributed by atoms with Crippen molar-refractivity contribution in [2.24, 2.45) is 17.3 Å². The molecule has 1 aliphatic rings. The number of allylic oxidation sites excluding steroid dienone is 2. The van der Waals surface area contributed by atoms with Crippen LogP contribution in [0.5, 0.6) is 0 Å². The van der Waals surface area contributed by atoms with Gasteiger partial charge in [-0.2, -0.15) is 13.2 Å². The van der Waals surface area contributed by atoms with Crippen LogP contribution in [0.25, 0.3) is 0 Å². The van der Waals surface area contributed by atoms with Crippen molar-refractivity contribution < 1.29 is 18.0 Å². The second kappa shape index (κ2) is 4.95. The molecule has 1 fully saturated rings. The average molecular weight is 306 g/mol. The van der Waals surface area contributed by atoms with Crippen molar-refractivity contribution in [1.82, 2.24) is 4.98 Å². The van der Waals surface area contributed by atoms with E-state index in [1.807, 2.05) is 0 Å². The molecule has 1 saturated carbocycles. The smallest absolute Gasteiger partial charge is 0.365 e. The first-order valence-corrected chi connectivity index (χ1v) is 6.61. The number of H-pyrrole nitrogens is 1. The lowest BCUT2D eigenvalue weighted by molar-refractivity contribution is -0.120. The maximum absolute atomic E-state index is 12.4. The van der Waals surface area contributed by atoms with Crippen molar-refractivity contribution >= 4 is 17.4 Å². The summed E-state index contributed by atoms with van der Waals surface area (Å²) >= 11 is 5.25. The fraction of sp³-hybridized carbons (Fsp3) is 0.500. The SMILES string of the molecule is CC1(C)[C@H](/C=C(\Cl)C(F)(F)F)[C@@H]1C(=O)Cc1ccc[nH]1. The van der Waals surface area contributed by atoms with Crippen LogP contribution in [0.4, 0.5) is 13.2 Å². The van der Waals surface area contributed by atoms with Crippen molar-refractivity contribution in [2.75, 3.05) is 0 Å². The van der Waals surface area contributed by atoms with Gasteiger partial charge < -0.3 is 4.98 Å². The minimum absolute atomic E-state index is 0.0645. The molecule has 6 heteroatoms. The van der Waals surface area contributed by atoms with E-state index in [0.717, 1.165) is 11.8 Å². The lowest BCUT2D eigenvalue weighted by Gasteiger charge is -2.04. The van der Waals surface area contributed by atoms with Crippen molar-refractivity contribution in [3.05, 3.63) is 35.1 Å². The highest BCUT2D eigenvalue weighted by Crippen LogP contribution is 2.60. The molecule has 1 heterocycles. The second-order valence-corrected chi connectivity index (χ2v) is 6.08. The Balaban J connectivity index is 2.08. The molecule has 1 aromatic heterocycles. The number of ketones is 1. The maximum Gasteiger partial charge on any atom is 0.426 e. The Bertz CT molecular complexity index is 531. The summed E-state index contributed by atoms with van der Waals surface area (Å²) in [4.78, 5) is 15.1. The van der Waals surface area contributed by atoms with Gasteiger partial charge in [-0.25, -0.2) is 0 Å². The van der Waals surface area contributed by atoms with E-state index in [2.05, 4.69) is 4.98 Å². The Morgan fingerprint density at radius 1 is 1.50 bits per heavy atom. The van der Waals surface area contributed by atoms with Crippen LogP contribution in [0, 0.1) is 17.3 Å². The van der Waals surface area contributed by atoms with Gasteiger partial charge in [-0.3, -0.25) is 4.79 Å². The molecule has 0 radical (unpaired) electrons. The molecule has 0 bridgehead atoms. The molecule has 1 aliphatic carbocycles. The summed E-state index contributed by atoms with van der Waals surface area (Å²) < 4.78 is 37.3. The maximum atomic E-state index is 12.4. The molecule has 1 N–H and O–H groups in total. The number of hydrogen-bond donors (Lipinski definition) is 1. The number of halogens is 4. The largest absolute Gasteiger partial charge is 0.426 e. The highest BCUT2D eigenvalue weighted by molar-refractivity contribution is 6.30. The molecular weight excluding hydrogens is 291 g/mol. The van der Waals surface area contributed by atoms with Gasteiger partial charge in [0.15, 0.2) is 0 Å². The van der Waals surface area contributed by atoms with Crippen LogP contribution in [0.3, 0.4) is 0 Å². The van der Waals surface area contributed by atoms with Crippen LogP contribution in [-0.4, -0.2) is 16.9 Å². The number of carbonyl (C=O) groups excluding carboxylic acids is 1. The third-order valence-corrected chi connectivity index (χ3v) is 4.22. The van der Waals surface area contributed by atoms with Gasteiger partial charge in [-0.05, 0) is 23.5 Å². The summed E-state index contributed by atoms with van der Waals surface area (Å²) in [5, 5.41) is -1.15. The molecule has 0 spiro atoms. The predicted octanol–water partition coefficient (Wildman–Crippen LogP) is 4.08. The Morgan fingerprint density at radius 2 is 2.15 bits per heavy atom. The number of nitrogens with one attached hydrogen (secondary N) is 1. The third-order valence-electron chi connectivity index (χ3n) is 3.88. The Kier molecular flexibility index (Phi) is 3.75. The zero-order chi connectivity index (χ0) is 15.1. The fourth-order valence-corrected chi connectivity index (χ4v) is 2.77.